The number of benzene rings is 2. The van der Waals surface area contributed by atoms with Crippen LogP contribution in [0.1, 0.15) is 21.5 Å². The van der Waals surface area contributed by atoms with Crippen molar-refractivity contribution in [1.29, 1.82) is 0 Å². The molecule has 2 aromatic carbocycles. The Morgan fingerprint density at radius 1 is 0.935 bits per heavy atom. The van der Waals surface area contributed by atoms with Crippen LogP contribution < -0.4 is 15.4 Å². The number of nitrogens with zero attached hydrogens (tertiary/aromatic N) is 2. The van der Waals surface area contributed by atoms with E-state index in [4.69, 9.17) is 11.6 Å². The third-order valence-corrected chi connectivity index (χ3v) is 5.25. The van der Waals surface area contributed by atoms with Crippen molar-refractivity contribution in [2.75, 3.05) is 16.5 Å². The molecule has 3 aromatic rings. The largest absolute Gasteiger partial charge is 0.416 e. The molecule has 1 N–H and O–H groups in total. The molecule has 1 aliphatic rings. The Morgan fingerprint density at radius 2 is 1.61 bits per heavy atom. The lowest BCUT2D eigenvalue weighted by atomic mass is 10.0. The Bertz CT molecular complexity index is 1260. The second-order valence-electron chi connectivity index (χ2n) is 6.98. The first-order valence-electron chi connectivity index (χ1n) is 9.02. The second-order valence-corrected chi connectivity index (χ2v) is 7.36. The fourth-order valence-electron chi connectivity index (χ4n) is 3.51. The zero-order valence-corrected chi connectivity index (χ0v) is 16.7. The maximum Gasteiger partial charge on any atom is 0.416 e. The smallest absolute Gasteiger partial charge is 0.322 e. The highest BCUT2D eigenvalue weighted by atomic mass is 35.5. The molecule has 0 spiro atoms. The van der Waals surface area contributed by atoms with Gasteiger partial charge in [0.15, 0.2) is 0 Å². The average molecular weight is 452 g/mol. The van der Waals surface area contributed by atoms with Gasteiger partial charge in [-0.3, -0.25) is 14.5 Å². The van der Waals surface area contributed by atoms with Gasteiger partial charge in [-0.25, -0.2) is 4.39 Å². The van der Waals surface area contributed by atoms with Crippen LogP contribution in [0.2, 0.25) is 5.15 Å². The molecule has 0 saturated carbocycles. The minimum Gasteiger partial charge on any atom is -0.322 e. The second kappa shape index (κ2) is 7.42. The van der Waals surface area contributed by atoms with Crippen LogP contribution >= 0.6 is 11.6 Å². The number of fused-ring (bicyclic) bond motifs is 1. The van der Waals surface area contributed by atoms with Crippen LogP contribution in [-0.2, 0) is 6.18 Å². The molecule has 0 radical (unpaired) electrons. The summed E-state index contributed by atoms with van der Waals surface area (Å²) in [5.41, 5.74) is -0.294. The van der Waals surface area contributed by atoms with Crippen molar-refractivity contribution in [3.05, 3.63) is 86.5 Å². The number of aryl methyl sites for hydroxylation is 1. The Labute approximate surface area is 178 Å². The van der Waals surface area contributed by atoms with Crippen molar-refractivity contribution >= 4 is 34.6 Å². The Hall–Kier alpha value is -3.33. The number of hydrogen-bond donors (Lipinski definition) is 1. The number of halogens is 5. The summed E-state index contributed by atoms with van der Waals surface area (Å²) in [4.78, 5) is 29.8. The van der Waals surface area contributed by atoms with Gasteiger partial charge in [-0.1, -0.05) is 11.6 Å². The van der Waals surface area contributed by atoms with Crippen LogP contribution in [0.25, 0.3) is 0 Å². The van der Waals surface area contributed by atoms with Crippen molar-refractivity contribution in [2.45, 2.75) is 13.1 Å². The fourth-order valence-corrected chi connectivity index (χ4v) is 3.77. The molecule has 0 atom stereocenters. The molecular weight excluding hydrogens is 438 g/mol. The topological polar surface area (TPSA) is 56.4 Å². The molecule has 1 aliphatic heterocycles. The van der Waals surface area contributed by atoms with Crippen molar-refractivity contribution in [1.82, 2.24) is 4.98 Å². The van der Waals surface area contributed by atoms with Crippen LogP contribution in [0.5, 0.6) is 0 Å². The van der Waals surface area contributed by atoms with E-state index >= 15 is 0 Å². The van der Waals surface area contributed by atoms with Gasteiger partial charge >= 0.3 is 6.18 Å². The maximum absolute atomic E-state index is 13.6. The third kappa shape index (κ3) is 3.76. The van der Waals surface area contributed by atoms with Gasteiger partial charge in [-0.05, 0) is 55.0 Å². The molecule has 0 unspecified atom stereocenters. The van der Waals surface area contributed by atoms with E-state index in [0.717, 1.165) is 23.1 Å². The molecule has 0 saturated heterocycles. The summed E-state index contributed by atoms with van der Waals surface area (Å²) in [6.45, 7) is 1.53. The molecule has 160 valence electrons. The number of rotatable bonds is 2. The predicted molar refractivity (Wildman–Crippen MR) is 108 cm³/mol. The number of carbonyl (C=O) groups is 1. The van der Waals surface area contributed by atoms with Gasteiger partial charge < -0.3 is 9.88 Å². The van der Waals surface area contributed by atoms with E-state index in [1.54, 1.807) is 11.8 Å². The van der Waals surface area contributed by atoms with Crippen molar-refractivity contribution < 1.29 is 22.4 Å². The molecule has 2 heterocycles. The molecule has 31 heavy (non-hydrogen) atoms. The molecule has 4 rings (SSSR count). The van der Waals surface area contributed by atoms with Crippen LogP contribution in [0.15, 0.2) is 53.3 Å². The van der Waals surface area contributed by atoms with Crippen LogP contribution in [-0.4, -0.2) is 17.6 Å². The van der Waals surface area contributed by atoms with E-state index in [1.807, 2.05) is 0 Å². The van der Waals surface area contributed by atoms with E-state index in [9.17, 15) is 27.2 Å². The Kier molecular flexibility index (Phi) is 5.01. The minimum absolute atomic E-state index is 0.116. The highest BCUT2D eigenvalue weighted by Gasteiger charge is 2.37. The number of amides is 1. The van der Waals surface area contributed by atoms with Crippen molar-refractivity contribution in [2.24, 2.45) is 0 Å². The molecule has 5 nitrogen and oxygen atoms in total. The van der Waals surface area contributed by atoms with Crippen molar-refractivity contribution in [3.63, 3.8) is 0 Å². The van der Waals surface area contributed by atoms with E-state index in [2.05, 4.69) is 4.98 Å². The monoisotopic (exact) mass is 451 g/mol. The van der Waals surface area contributed by atoms with Gasteiger partial charge in [-0.15, -0.1) is 0 Å². The highest BCUT2D eigenvalue weighted by molar-refractivity contribution is 6.33. The van der Waals surface area contributed by atoms with E-state index < -0.39 is 29.0 Å². The van der Waals surface area contributed by atoms with Gasteiger partial charge in [-0.2, -0.15) is 13.2 Å². The van der Waals surface area contributed by atoms with E-state index in [0.29, 0.717) is 11.3 Å². The lowest BCUT2D eigenvalue weighted by Crippen LogP contribution is -2.45. The SMILES string of the molecule is Cc1cc(F)ccc1N1CN(c2ccc(=O)[nH]c2Cl)C(=O)c2cc(C(F)(F)F)ccc21. The first kappa shape index (κ1) is 20.9. The summed E-state index contributed by atoms with van der Waals surface area (Å²) >= 11 is 6.11. The van der Waals surface area contributed by atoms with Gasteiger partial charge in [0.1, 0.15) is 17.6 Å². The van der Waals surface area contributed by atoms with E-state index in [-0.39, 0.29) is 28.8 Å². The van der Waals surface area contributed by atoms with Gasteiger partial charge in [0.25, 0.3) is 5.91 Å². The first-order valence-corrected chi connectivity index (χ1v) is 9.39. The maximum atomic E-state index is 13.6. The summed E-state index contributed by atoms with van der Waals surface area (Å²) in [7, 11) is 0. The Balaban J connectivity index is 1.93. The number of anilines is 3. The number of pyridine rings is 1. The molecule has 1 amide bonds. The number of alkyl halides is 3. The van der Waals surface area contributed by atoms with Crippen LogP contribution in [0.4, 0.5) is 34.6 Å². The standard InChI is InChI=1S/C21H14ClF4N3O2/c1-11-8-13(23)3-5-15(11)28-10-29(17-6-7-18(30)27-19(17)22)20(31)14-9-12(21(24,25)26)2-4-16(14)28/h2-9H,10H2,1H3,(H,27,30). The quantitative estimate of drug-likeness (QED) is 0.427. The summed E-state index contributed by atoms with van der Waals surface area (Å²) < 4.78 is 53.5. The molecular formula is C21H14ClF4N3O2. The number of nitrogens with one attached hydrogen (secondary N) is 1. The number of carbonyl (C=O) groups excluding carboxylic acids is 1. The van der Waals surface area contributed by atoms with Crippen molar-refractivity contribution in [3.8, 4) is 0 Å². The summed E-state index contributed by atoms with van der Waals surface area (Å²) in [6, 6.07) is 9.33. The third-order valence-electron chi connectivity index (χ3n) is 4.96. The number of H-pyrrole nitrogens is 1. The summed E-state index contributed by atoms with van der Waals surface area (Å²) in [5.74, 6) is -1.19. The first-order chi connectivity index (χ1) is 14.6. The predicted octanol–water partition coefficient (Wildman–Crippen LogP) is 5.25. The number of aromatic nitrogens is 1. The molecule has 10 heteroatoms. The summed E-state index contributed by atoms with van der Waals surface area (Å²) in [5, 5.41) is -0.132. The summed E-state index contributed by atoms with van der Waals surface area (Å²) in [6.07, 6.45) is -4.65. The number of aromatic amines is 1. The van der Waals surface area contributed by atoms with Gasteiger partial charge in [0.05, 0.1) is 22.5 Å². The lowest BCUT2D eigenvalue weighted by Gasteiger charge is -2.39. The molecule has 0 bridgehead atoms. The number of hydrogen-bond acceptors (Lipinski definition) is 3. The van der Waals surface area contributed by atoms with Crippen LogP contribution in [0.3, 0.4) is 0 Å². The fraction of sp³-hybridized carbons (Fsp3) is 0.143. The highest BCUT2D eigenvalue weighted by Crippen LogP contribution is 2.40. The molecule has 0 aliphatic carbocycles. The lowest BCUT2D eigenvalue weighted by molar-refractivity contribution is -0.137. The van der Waals surface area contributed by atoms with Gasteiger partial charge in [0.2, 0.25) is 5.56 Å². The van der Waals surface area contributed by atoms with Gasteiger partial charge in [0, 0.05) is 11.8 Å². The van der Waals surface area contributed by atoms with Crippen LogP contribution in [0, 0.1) is 12.7 Å². The minimum atomic E-state index is -4.65. The zero-order chi connectivity index (χ0) is 22.5. The Morgan fingerprint density at radius 3 is 2.26 bits per heavy atom. The molecule has 0 fully saturated rings. The average Bonchev–Trinajstić information content (AvgIpc) is 2.68. The van der Waals surface area contributed by atoms with E-state index in [1.165, 1.54) is 30.3 Å². The zero-order valence-electron chi connectivity index (χ0n) is 15.9. The molecule has 1 aromatic heterocycles. The normalized spacial score (nSPS) is 14.1.